The molecule has 0 heterocycles. The summed E-state index contributed by atoms with van der Waals surface area (Å²) >= 11 is 7.02. The number of hydrogen-bond donors (Lipinski definition) is 2. The van der Waals surface area contributed by atoms with Gasteiger partial charge in [0.05, 0.1) is 5.25 Å². The van der Waals surface area contributed by atoms with E-state index in [0.717, 1.165) is 27.6 Å². The number of nitrogens with one attached hydrogen (secondary N) is 2. The summed E-state index contributed by atoms with van der Waals surface area (Å²) in [7, 11) is 0. The van der Waals surface area contributed by atoms with E-state index in [-0.39, 0.29) is 16.9 Å². The van der Waals surface area contributed by atoms with Crippen molar-refractivity contribution >= 4 is 63.5 Å². The quantitative estimate of drug-likeness (QED) is 0.128. The van der Waals surface area contributed by atoms with E-state index in [4.69, 9.17) is 12.2 Å². The maximum Gasteiger partial charge on any atom is 0.245 e. The summed E-state index contributed by atoms with van der Waals surface area (Å²) in [4.78, 5) is 28.1. The lowest BCUT2D eigenvalue weighted by Crippen LogP contribution is -2.34. The third kappa shape index (κ3) is 7.09. The van der Waals surface area contributed by atoms with Gasteiger partial charge in [0, 0.05) is 33.2 Å². The largest absolute Gasteiger partial charge is 0.332 e. The van der Waals surface area contributed by atoms with E-state index in [0.29, 0.717) is 17.1 Å². The van der Waals surface area contributed by atoms with Crippen LogP contribution in [0.5, 0.6) is 0 Å². The van der Waals surface area contributed by atoms with E-state index in [1.54, 1.807) is 17.0 Å². The summed E-state index contributed by atoms with van der Waals surface area (Å²) in [6.07, 6.45) is 0.674. The number of Topliss-reactive ketones (excluding diaryl/α,β-unsaturated/α-hetero) is 1. The predicted molar refractivity (Wildman–Crippen MR) is 163 cm³/mol. The Hall–Kier alpha value is -3.94. The van der Waals surface area contributed by atoms with Crippen LogP contribution in [0.3, 0.4) is 0 Å². The molecule has 0 aliphatic heterocycles. The number of rotatable bonds is 9. The van der Waals surface area contributed by atoms with Crippen LogP contribution in [0.25, 0.3) is 0 Å². The van der Waals surface area contributed by atoms with Gasteiger partial charge in [-0.1, -0.05) is 49.4 Å². The normalized spacial score (nSPS) is 11.3. The molecule has 0 bridgehead atoms. The highest BCUT2D eigenvalue weighted by Gasteiger charge is 2.26. The van der Waals surface area contributed by atoms with Crippen molar-refractivity contribution in [2.75, 3.05) is 15.5 Å². The van der Waals surface area contributed by atoms with Gasteiger partial charge in [-0.15, -0.1) is 11.8 Å². The Labute approximate surface area is 233 Å². The third-order valence-corrected chi connectivity index (χ3v) is 7.36. The van der Waals surface area contributed by atoms with Gasteiger partial charge in [0.15, 0.2) is 10.9 Å². The van der Waals surface area contributed by atoms with Crippen molar-refractivity contribution < 1.29 is 9.59 Å². The van der Waals surface area contributed by atoms with Crippen molar-refractivity contribution in [1.82, 2.24) is 0 Å². The minimum Gasteiger partial charge on any atom is -0.332 e. The summed E-state index contributed by atoms with van der Waals surface area (Å²) in [6.45, 7) is 3.57. The van der Waals surface area contributed by atoms with Crippen LogP contribution in [0, 0.1) is 0 Å². The molecule has 4 aromatic carbocycles. The van der Waals surface area contributed by atoms with Crippen LogP contribution in [0.2, 0.25) is 0 Å². The molecule has 0 radical (unpaired) electrons. The van der Waals surface area contributed by atoms with Gasteiger partial charge < -0.3 is 10.6 Å². The second-order valence-corrected chi connectivity index (χ2v) is 10.3. The highest BCUT2D eigenvalue weighted by Crippen LogP contribution is 2.33. The van der Waals surface area contributed by atoms with E-state index in [9.17, 15) is 9.59 Å². The lowest BCUT2D eigenvalue weighted by molar-refractivity contribution is -0.117. The Balaban J connectivity index is 1.47. The summed E-state index contributed by atoms with van der Waals surface area (Å²) in [5, 5.41) is 6.50. The maximum atomic E-state index is 13.8. The SMILES string of the molecule is CCC(Sc1cccc(NC(=S)Nc2ccc(C(C)=O)cc2)c1)C(=O)N(c1ccccc1)c1ccccc1. The molecule has 0 spiro atoms. The molecule has 4 rings (SSSR count). The minimum atomic E-state index is -0.282. The zero-order valence-corrected chi connectivity index (χ0v) is 22.9. The molecule has 38 heavy (non-hydrogen) atoms. The van der Waals surface area contributed by atoms with Crippen LogP contribution < -0.4 is 15.5 Å². The Morgan fingerprint density at radius 1 is 0.789 bits per heavy atom. The molecule has 1 amide bonds. The van der Waals surface area contributed by atoms with E-state index in [1.165, 1.54) is 18.7 Å². The van der Waals surface area contributed by atoms with Crippen molar-refractivity contribution in [3.63, 3.8) is 0 Å². The molecule has 0 aliphatic rings. The number of carbonyl (C=O) groups excluding carboxylic acids is 2. The second-order valence-electron chi connectivity index (χ2n) is 8.60. The van der Waals surface area contributed by atoms with Gasteiger partial charge in [0.2, 0.25) is 5.91 Å². The van der Waals surface area contributed by atoms with Crippen molar-refractivity contribution in [2.45, 2.75) is 30.4 Å². The summed E-state index contributed by atoms with van der Waals surface area (Å²) in [5.74, 6) is 0.0468. The second kappa shape index (κ2) is 13.0. The topological polar surface area (TPSA) is 61.4 Å². The van der Waals surface area contributed by atoms with Gasteiger partial charge in [-0.25, -0.2) is 0 Å². The van der Waals surface area contributed by atoms with Gasteiger partial charge in [-0.2, -0.15) is 0 Å². The number of anilines is 4. The van der Waals surface area contributed by atoms with Gasteiger partial charge in [0.1, 0.15) is 0 Å². The Morgan fingerprint density at radius 3 is 1.92 bits per heavy atom. The van der Waals surface area contributed by atoms with Gasteiger partial charge in [-0.05, 0) is 92.3 Å². The molecule has 192 valence electrons. The molecule has 0 saturated heterocycles. The lowest BCUT2D eigenvalue weighted by Gasteiger charge is -2.27. The number of ketones is 1. The highest BCUT2D eigenvalue weighted by molar-refractivity contribution is 8.00. The smallest absolute Gasteiger partial charge is 0.245 e. The fourth-order valence-corrected chi connectivity index (χ4v) is 5.19. The molecule has 0 aliphatic carbocycles. The molecule has 1 atom stereocenters. The van der Waals surface area contributed by atoms with Crippen LogP contribution in [0.15, 0.2) is 114 Å². The summed E-state index contributed by atoms with van der Waals surface area (Å²) in [5.41, 5.74) is 3.93. The van der Waals surface area contributed by atoms with Crippen LogP contribution in [-0.4, -0.2) is 22.1 Å². The van der Waals surface area contributed by atoms with Crippen LogP contribution in [-0.2, 0) is 4.79 Å². The van der Waals surface area contributed by atoms with E-state index < -0.39 is 0 Å². The molecule has 0 saturated carbocycles. The standard InChI is InChI=1S/C31H29N3O2S2/c1-3-29(30(36)34(26-12-6-4-7-13-26)27-14-8-5-9-15-27)38-28-16-10-11-25(21-28)33-31(37)32-24-19-17-23(18-20-24)22(2)35/h4-21,29H,3H2,1-2H3,(H2,32,33,37). The van der Waals surface area contributed by atoms with Crippen molar-refractivity contribution in [2.24, 2.45) is 0 Å². The number of hydrogen-bond acceptors (Lipinski definition) is 4. The van der Waals surface area contributed by atoms with Crippen molar-refractivity contribution in [3.05, 3.63) is 115 Å². The Kier molecular flexibility index (Phi) is 9.30. The van der Waals surface area contributed by atoms with E-state index in [2.05, 4.69) is 10.6 Å². The molecule has 0 fully saturated rings. The lowest BCUT2D eigenvalue weighted by atomic mass is 10.1. The van der Waals surface area contributed by atoms with Crippen molar-refractivity contribution in [3.8, 4) is 0 Å². The molecule has 2 N–H and O–H groups in total. The van der Waals surface area contributed by atoms with Crippen LogP contribution >= 0.6 is 24.0 Å². The number of thioether (sulfide) groups is 1. The maximum absolute atomic E-state index is 13.8. The number of carbonyl (C=O) groups is 2. The average molecular weight is 540 g/mol. The van der Waals surface area contributed by atoms with Gasteiger partial charge in [0.25, 0.3) is 0 Å². The summed E-state index contributed by atoms with van der Waals surface area (Å²) in [6, 6.07) is 34.5. The number of nitrogens with zero attached hydrogens (tertiary/aromatic N) is 1. The van der Waals surface area contributed by atoms with Gasteiger partial charge >= 0.3 is 0 Å². The molecule has 7 heteroatoms. The molecular weight excluding hydrogens is 510 g/mol. The Bertz CT molecular complexity index is 1350. The predicted octanol–water partition coefficient (Wildman–Crippen LogP) is 7.93. The monoisotopic (exact) mass is 539 g/mol. The first-order valence-electron chi connectivity index (χ1n) is 12.3. The fourth-order valence-electron chi connectivity index (χ4n) is 3.90. The number of amides is 1. The average Bonchev–Trinajstić information content (AvgIpc) is 2.93. The molecule has 5 nitrogen and oxygen atoms in total. The third-order valence-electron chi connectivity index (χ3n) is 5.81. The molecule has 1 unspecified atom stereocenters. The number of thiocarbonyl (C=S) groups is 1. The van der Waals surface area contributed by atoms with Gasteiger partial charge in [-0.3, -0.25) is 14.5 Å². The molecule has 0 aromatic heterocycles. The Morgan fingerprint density at radius 2 is 1.37 bits per heavy atom. The minimum absolute atomic E-state index is 0.0195. The first-order valence-corrected chi connectivity index (χ1v) is 13.6. The molecule has 4 aromatic rings. The summed E-state index contributed by atoms with van der Waals surface area (Å²) < 4.78 is 0. The number of para-hydroxylation sites is 2. The first-order chi connectivity index (χ1) is 18.4. The zero-order valence-electron chi connectivity index (χ0n) is 21.3. The number of benzene rings is 4. The van der Waals surface area contributed by atoms with Crippen LogP contribution in [0.4, 0.5) is 22.7 Å². The fraction of sp³-hybridized carbons (Fsp3) is 0.129. The first kappa shape index (κ1) is 27.1. The van der Waals surface area contributed by atoms with E-state index >= 15 is 0 Å². The zero-order chi connectivity index (χ0) is 26.9. The van der Waals surface area contributed by atoms with Crippen LogP contribution in [0.1, 0.15) is 30.6 Å². The molecular formula is C31H29N3O2S2. The van der Waals surface area contributed by atoms with E-state index in [1.807, 2.05) is 104 Å². The highest BCUT2D eigenvalue weighted by atomic mass is 32.2. The van der Waals surface area contributed by atoms with Crippen molar-refractivity contribution in [1.29, 1.82) is 0 Å².